The second-order valence-corrected chi connectivity index (χ2v) is 4.68. The summed E-state index contributed by atoms with van der Waals surface area (Å²) in [4.78, 5) is 13.5. The van der Waals surface area contributed by atoms with Crippen molar-refractivity contribution in [2.75, 3.05) is 20.3 Å². The predicted molar refractivity (Wildman–Crippen MR) is 66.7 cm³/mol. The number of rotatable bonds is 4. The highest BCUT2D eigenvalue weighted by Gasteiger charge is 2.36. The Morgan fingerprint density at radius 1 is 1.44 bits per heavy atom. The fourth-order valence-corrected chi connectivity index (χ4v) is 2.49. The van der Waals surface area contributed by atoms with E-state index in [1.54, 1.807) is 0 Å². The molecule has 1 heterocycles. The zero-order chi connectivity index (χ0) is 13.0. The van der Waals surface area contributed by atoms with Crippen LogP contribution in [0.4, 0.5) is 4.39 Å². The molecule has 1 aromatic rings. The molecule has 0 aliphatic carbocycles. The maximum Gasteiger partial charge on any atom is 0.310 e. The van der Waals surface area contributed by atoms with Gasteiger partial charge in [0.1, 0.15) is 6.67 Å². The lowest BCUT2D eigenvalue weighted by Crippen LogP contribution is -2.30. The molecule has 0 spiro atoms. The lowest BCUT2D eigenvalue weighted by molar-refractivity contribution is -0.144. The van der Waals surface area contributed by atoms with Crippen LogP contribution in [0.3, 0.4) is 0 Å². The van der Waals surface area contributed by atoms with Gasteiger partial charge in [0, 0.05) is 19.1 Å². The molecule has 0 amide bonds. The third-order valence-corrected chi connectivity index (χ3v) is 3.47. The molecule has 1 saturated heterocycles. The quantitative estimate of drug-likeness (QED) is 0.767. The van der Waals surface area contributed by atoms with Crippen molar-refractivity contribution in [1.82, 2.24) is 4.90 Å². The van der Waals surface area contributed by atoms with Gasteiger partial charge in [-0.1, -0.05) is 30.3 Å². The van der Waals surface area contributed by atoms with Gasteiger partial charge in [0.2, 0.25) is 0 Å². The van der Waals surface area contributed by atoms with Gasteiger partial charge in [0.25, 0.3) is 0 Å². The summed E-state index contributed by atoms with van der Waals surface area (Å²) in [6.45, 7) is 0.847. The van der Waals surface area contributed by atoms with E-state index in [0.717, 1.165) is 5.56 Å². The van der Waals surface area contributed by atoms with E-state index in [2.05, 4.69) is 0 Å². The van der Waals surface area contributed by atoms with E-state index in [0.29, 0.717) is 19.5 Å². The number of hydrogen-bond acceptors (Lipinski definition) is 3. The minimum absolute atomic E-state index is 0.172. The number of carbonyl (C=O) groups is 1. The topological polar surface area (TPSA) is 29.5 Å². The number of carbonyl (C=O) groups excluding carboxylic acids is 1. The van der Waals surface area contributed by atoms with Gasteiger partial charge in [-0.3, -0.25) is 9.69 Å². The maximum atomic E-state index is 13.0. The zero-order valence-corrected chi connectivity index (χ0v) is 10.5. The Morgan fingerprint density at radius 3 is 2.78 bits per heavy atom. The summed E-state index contributed by atoms with van der Waals surface area (Å²) in [5.41, 5.74) is 1.14. The van der Waals surface area contributed by atoms with Gasteiger partial charge in [0.15, 0.2) is 0 Å². The number of likely N-dealkylation sites (tertiary alicyclic amines) is 1. The first-order chi connectivity index (χ1) is 8.74. The number of ether oxygens (including phenoxy) is 1. The van der Waals surface area contributed by atoms with E-state index < -0.39 is 6.67 Å². The molecule has 2 unspecified atom stereocenters. The molecule has 0 N–H and O–H groups in total. The zero-order valence-electron chi connectivity index (χ0n) is 10.5. The van der Waals surface area contributed by atoms with Gasteiger partial charge in [-0.2, -0.15) is 0 Å². The molecule has 18 heavy (non-hydrogen) atoms. The Morgan fingerprint density at radius 2 is 2.17 bits per heavy atom. The molecule has 1 aliphatic heterocycles. The first kappa shape index (κ1) is 13.0. The molecule has 98 valence electrons. The Bertz CT molecular complexity index is 396. The van der Waals surface area contributed by atoms with Crippen molar-refractivity contribution in [1.29, 1.82) is 0 Å². The molecular weight excluding hydrogens is 233 g/mol. The third-order valence-electron chi connectivity index (χ3n) is 3.47. The van der Waals surface area contributed by atoms with E-state index in [1.807, 2.05) is 35.2 Å². The van der Waals surface area contributed by atoms with E-state index in [-0.39, 0.29) is 17.9 Å². The number of nitrogens with zero attached hydrogens (tertiary/aromatic N) is 1. The molecule has 2 rings (SSSR count). The summed E-state index contributed by atoms with van der Waals surface area (Å²) in [6.07, 6.45) is 0.552. The van der Waals surface area contributed by atoms with Crippen LogP contribution in [0, 0.1) is 5.92 Å². The van der Waals surface area contributed by atoms with Gasteiger partial charge in [-0.25, -0.2) is 4.39 Å². The highest BCUT2D eigenvalue weighted by molar-refractivity contribution is 5.73. The second-order valence-electron chi connectivity index (χ2n) is 4.68. The average Bonchev–Trinajstić information content (AvgIpc) is 2.82. The van der Waals surface area contributed by atoms with Gasteiger partial charge in [-0.05, 0) is 12.0 Å². The standard InChI is InChI=1S/C14H18FNO2/c1-18-14(17)12-7-13(8-15)16(10-12)9-11-5-3-2-4-6-11/h2-6,12-13H,7-10H2,1H3. The van der Waals surface area contributed by atoms with Gasteiger partial charge < -0.3 is 4.74 Å². The number of esters is 1. The lowest BCUT2D eigenvalue weighted by Gasteiger charge is -2.21. The highest BCUT2D eigenvalue weighted by Crippen LogP contribution is 2.26. The molecule has 0 radical (unpaired) electrons. The summed E-state index contributed by atoms with van der Waals surface area (Å²) in [5.74, 6) is -0.427. The van der Waals surface area contributed by atoms with Crippen molar-refractivity contribution in [3.63, 3.8) is 0 Å². The molecule has 0 aromatic heterocycles. The van der Waals surface area contributed by atoms with Crippen LogP contribution >= 0.6 is 0 Å². The minimum atomic E-state index is -0.416. The Hall–Kier alpha value is -1.42. The van der Waals surface area contributed by atoms with Crippen molar-refractivity contribution >= 4 is 5.97 Å². The molecule has 1 fully saturated rings. The number of methoxy groups -OCH3 is 1. The van der Waals surface area contributed by atoms with E-state index in [9.17, 15) is 9.18 Å². The Balaban J connectivity index is 2.01. The fourth-order valence-electron chi connectivity index (χ4n) is 2.49. The maximum absolute atomic E-state index is 13.0. The largest absolute Gasteiger partial charge is 0.469 e. The molecule has 1 aromatic carbocycles. The summed E-state index contributed by atoms with van der Waals surface area (Å²) < 4.78 is 17.7. The molecule has 1 aliphatic rings. The highest BCUT2D eigenvalue weighted by atomic mass is 19.1. The Kier molecular flexibility index (Phi) is 4.31. The first-order valence-electron chi connectivity index (χ1n) is 6.16. The SMILES string of the molecule is COC(=O)C1CC(CF)N(Cc2ccccc2)C1. The predicted octanol–water partition coefficient (Wildman–Crippen LogP) is 2.02. The van der Waals surface area contributed by atoms with E-state index in [4.69, 9.17) is 4.74 Å². The summed E-state index contributed by atoms with van der Waals surface area (Å²) >= 11 is 0. The number of alkyl halides is 1. The normalized spacial score (nSPS) is 24.1. The van der Waals surface area contributed by atoms with Crippen LogP contribution in [0.1, 0.15) is 12.0 Å². The number of hydrogen-bond donors (Lipinski definition) is 0. The van der Waals surface area contributed by atoms with Gasteiger partial charge >= 0.3 is 5.97 Å². The smallest absolute Gasteiger partial charge is 0.310 e. The summed E-state index contributed by atoms with van der Waals surface area (Å²) in [6, 6.07) is 9.74. The van der Waals surface area contributed by atoms with Crippen LogP contribution in [0.25, 0.3) is 0 Å². The number of benzene rings is 1. The fraction of sp³-hybridized carbons (Fsp3) is 0.500. The third kappa shape index (κ3) is 2.88. The van der Waals surface area contributed by atoms with Crippen LogP contribution in [-0.2, 0) is 16.1 Å². The van der Waals surface area contributed by atoms with Crippen molar-refractivity contribution in [3.05, 3.63) is 35.9 Å². The minimum Gasteiger partial charge on any atom is -0.469 e. The van der Waals surface area contributed by atoms with E-state index >= 15 is 0 Å². The Labute approximate surface area is 107 Å². The monoisotopic (exact) mass is 251 g/mol. The lowest BCUT2D eigenvalue weighted by atomic mass is 10.1. The van der Waals surface area contributed by atoms with Crippen LogP contribution in [0.2, 0.25) is 0 Å². The van der Waals surface area contributed by atoms with Crippen molar-refractivity contribution in [2.45, 2.75) is 19.0 Å². The van der Waals surface area contributed by atoms with Crippen molar-refractivity contribution in [2.24, 2.45) is 5.92 Å². The van der Waals surface area contributed by atoms with Crippen LogP contribution < -0.4 is 0 Å². The average molecular weight is 251 g/mol. The molecular formula is C14H18FNO2. The molecule has 2 atom stereocenters. The molecule has 3 nitrogen and oxygen atoms in total. The molecule has 0 saturated carbocycles. The first-order valence-corrected chi connectivity index (χ1v) is 6.16. The van der Waals surface area contributed by atoms with Crippen molar-refractivity contribution in [3.8, 4) is 0 Å². The molecule has 0 bridgehead atoms. The summed E-state index contributed by atoms with van der Waals surface area (Å²) in [7, 11) is 1.38. The molecule has 4 heteroatoms. The number of halogens is 1. The van der Waals surface area contributed by atoms with E-state index in [1.165, 1.54) is 7.11 Å². The van der Waals surface area contributed by atoms with Crippen LogP contribution in [0.5, 0.6) is 0 Å². The second kappa shape index (κ2) is 5.96. The van der Waals surface area contributed by atoms with Gasteiger partial charge in [-0.15, -0.1) is 0 Å². The van der Waals surface area contributed by atoms with Crippen molar-refractivity contribution < 1.29 is 13.9 Å². The van der Waals surface area contributed by atoms with Crippen LogP contribution in [0.15, 0.2) is 30.3 Å². The van der Waals surface area contributed by atoms with Gasteiger partial charge in [0.05, 0.1) is 13.0 Å². The summed E-state index contributed by atoms with van der Waals surface area (Å²) in [5, 5.41) is 0. The van der Waals surface area contributed by atoms with Crippen LogP contribution in [-0.4, -0.2) is 37.2 Å².